The van der Waals surface area contributed by atoms with Gasteiger partial charge in [-0.2, -0.15) is 74.6 Å². The third-order valence-electron chi connectivity index (χ3n) is 3.45. The Morgan fingerprint density at radius 2 is 0.750 bits per heavy atom. The maximum Gasteiger partial charge on any atom is 1.00 e. The Labute approximate surface area is 207 Å². The van der Waals surface area contributed by atoms with Crippen LogP contribution in [0.15, 0.2) is 0 Å². The smallest absolute Gasteiger partial charge is 0.748 e. The molecule has 0 bridgehead atoms. The number of alkyl halides is 17. The first kappa shape index (κ1) is 34.5. The third-order valence-corrected chi connectivity index (χ3v) is 4.16. The molecule has 0 N–H and O–H groups in total. The fourth-order valence-corrected chi connectivity index (χ4v) is 2.11. The first-order valence-electron chi connectivity index (χ1n) is 6.60. The second-order valence-electron chi connectivity index (χ2n) is 5.66. The van der Waals surface area contributed by atoms with Crippen molar-refractivity contribution in [3.8, 4) is 0 Å². The van der Waals surface area contributed by atoms with Crippen molar-refractivity contribution in [1.29, 1.82) is 0 Å². The van der Waals surface area contributed by atoms with Gasteiger partial charge in [0.05, 0.1) is 10.1 Å². The van der Waals surface area contributed by atoms with E-state index in [1.54, 1.807) is 0 Å². The van der Waals surface area contributed by atoms with Crippen molar-refractivity contribution >= 4 is 10.1 Å². The van der Waals surface area contributed by atoms with Gasteiger partial charge >= 0.3 is 99.0 Å². The minimum absolute atomic E-state index is 0. The van der Waals surface area contributed by atoms with Crippen LogP contribution in [0.5, 0.6) is 0 Å². The number of rotatable bonds is 9. The fraction of sp³-hybridized carbons (Fsp3) is 1.00. The van der Waals surface area contributed by atoms with Crippen LogP contribution in [0.4, 0.5) is 74.6 Å². The second kappa shape index (κ2) is 9.10. The van der Waals surface area contributed by atoms with Gasteiger partial charge < -0.3 is 4.55 Å². The van der Waals surface area contributed by atoms with Gasteiger partial charge in [0.1, 0.15) is 0 Å². The molecular weight excluding hydrogens is 562 g/mol. The van der Waals surface area contributed by atoms with E-state index in [0.29, 0.717) is 0 Å². The molecule has 32 heavy (non-hydrogen) atoms. The predicted molar refractivity (Wildman–Crippen MR) is 59.9 cm³/mol. The van der Waals surface area contributed by atoms with Crippen LogP contribution >= 0.6 is 0 Å². The summed E-state index contributed by atoms with van der Waals surface area (Å²) in [6.07, 6.45) is -11.1. The Hall–Kier alpha value is 0.356. The van der Waals surface area contributed by atoms with E-state index >= 15 is 0 Å². The van der Waals surface area contributed by atoms with E-state index in [1.165, 1.54) is 0 Å². The summed E-state index contributed by atoms with van der Waals surface area (Å²) >= 11 is 0. The summed E-state index contributed by atoms with van der Waals surface area (Å²) in [6, 6.07) is 0. The number of hydrogen-bond acceptors (Lipinski definition) is 3. The van der Waals surface area contributed by atoms with Crippen molar-refractivity contribution in [1.82, 2.24) is 0 Å². The quantitative estimate of drug-likeness (QED) is 0.244. The molecule has 0 aromatic carbocycles. The van der Waals surface area contributed by atoms with Crippen molar-refractivity contribution in [3.63, 3.8) is 0 Å². The Kier molecular flexibility index (Phi) is 9.82. The third kappa shape index (κ3) is 5.29. The minimum Gasteiger partial charge on any atom is -0.748 e. The van der Waals surface area contributed by atoms with Crippen LogP contribution in [0, 0.1) is 0 Å². The minimum atomic E-state index is -8.76. The van der Waals surface area contributed by atoms with E-state index in [4.69, 9.17) is 0 Å². The topological polar surface area (TPSA) is 57.2 Å². The number of halogens is 17. The zero-order valence-corrected chi connectivity index (χ0v) is 18.4. The molecule has 188 valence electrons. The molecule has 0 aliphatic rings. The summed E-state index contributed by atoms with van der Waals surface area (Å²) in [6.45, 7) is 0. The van der Waals surface area contributed by atoms with Gasteiger partial charge in [-0.15, -0.1) is 0 Å². The second-order valence-corrected chi connectivity index (χ2v) is 7.18. The maximum absolute atomic E-state index is 13.3. The maximum atomic E-state index is 13.3. The Balaban J connectivity index is 0. The average Bonchev–Trinajstić information content (AvgIpc) is 2.50. The standard InChI is InChI=1S/C10H5F17O3S.K/c11-3(12,1-2-31(28,29)30)4(13,14)5(15,16)6(17,18)7(19,20)8(21,22)9(23,24)10(25,26)27;/h1-2H2,(H,28,29,30);/q;+1/p-1. The molecule has 3 nitrogen and oxygen atoms in total. The van der Waals surface area contributed by atoms with Gasteiger partial charge in [-0.3, -0.25) is 0 Å². The van der Waals surface area contributed by atoms with E-state index in [1.807, 2.05) is 0 Å². The molecule has 0 atom stereocenters. The van der Waals surface area contributed by atoms with Crippen LogP contribution in [0.3, 0.4) is 0 Å². The Morgan fingerprint density at radius 3 is 1.00 bits per heavy atom. The van der Waals surface area contributed by atoms with Crippen LogP contribution in [0.2, 0.25) is 0 Å². The van der Waals surface area contributed by atoms with E-state index in [2.05, 4.69) is 0 Å². The SMILES string of the molecule is O=S(=O)([O-])CCC(F)(F)C(F)(F)C(F)(F)C(F)(F)C(F)(F)C(F)(F)C(F)(F)C(F)(F)F.[K+]. The van der Waals surface area contributed by atoms with E-state index in [-0.39, 0.29) is 51.4 Å². The molecule has 22 heteroatoms. The molecule has 0 unspecified atom stereocenters. The van der Waals surface area contributed by atoms with Crippen molar-refractivity contribution in [2.24, 2.45) is 0 Å². The predicted octanol–water partition coefficient (Wildman–Crippen LogP) is 1.94. The van der Waals surface area contributed by atoms with Gasteiger partial charge in [-0.1, -0.05) is 0 Å². The molecule has 0 saturated heterocycles. The van der Waals surface area contributed by atoms with Crippen LogP contribution in [0.25, 0.3) is 0 Å². The molecule has 0 amide bonds. The molecule has 0 spiro atoms. The largest absolute Gasteiger partial charge is 1.00 e. The molecule has 0 fully saturated rings. The van der Waals surface area contributed by atoms with Crippen LogP contribution in [-0.2, 0) is 10.1 Å². The molecule has 0 saturated carbocycles. The summed E-state index contributed by atoms with van der Waals surface area (Å²) in [5, 5.41) is 0. The van der Waals surface area contributed by atoms with Gasteiger partial charge in [-0.05, 0) is 0 Å². The van der Waals surface area contributed by atoms with Gasteiger partial charge in [0, 0.05) is 12.2 Å². The molecule has 0 heterocycles. The normalized spacial score (nSPS) is 16.1. The van der Waals surface area contributed by atoms with E-state index < -0.39 is 69.9 Å². The van der Waals surface area contributed by atoms with Crippen molar-refractivity contribution in [3.05, 3.63) is 0 Å². The molecule has 0 rings (SSSR count). The first-order valence-corrected chi connectivity index (χ1v) is 8.18. The molecular formula is C10H4F17KO3S. The molecule has 0 aromatic heterocycles. The van der Waals surface area contributed by atoms with Gasteiger partial charge in [-0.25, -0.2) is 8.42 Å². The number of hydrogen-bond donors (Lipinski definition) is 0. The van der Waals surface area contributed by atoms with Crippen LogP contribution in [0.1, 0.15) is 6.42 Å². The summed E-state index contributed by atoms with van der Waals surface area (Å²) in [4.78, 5) is 0. The van der Waals surface area contributed by atoms with Gasteiger partial charge in [0.15, 0.2) is 0 Å². The van der Waals surface area contributed by atoms with Gasteiger partial charge in [0.25, 0.3) is 0 Å². The summed E-state index contributed by atoms with van der Waals surface area (Å²) in [5.74, 6) is -60.5. The van der Waals surface area contributed by atoms with Crippen LogP contribution in [-0.4, -0.2) is 66.4 Å². The van der Waals surface area contributed by atoms with E-state index in [0.717, 1.165) is 0 Å². The summed E-state index contributed by atoms with van der Waals surface area (Å²) in [7, 11) is -5.97. The summed E-state index contributed by atoms with van der Waals surface area (Å²) < 4.78 is 248. The first-order chi connectivity index (χ1) is 13.0. The fourth-order valence-electron chi connectivity index (χ4n) is 1.61. The molecule has 0 radical (unpaired) electrons. The van der Waals surface area contributed by atoms with Crippen molar-refractivity contribution in [2.45, 2.75) is 54.1 Å². The molecule has 0 aliphatic heterocycles. The average molecular weight is 566 g/mol. The Morgan fingerprint density at radius 1 is 0.500 bits per heavy atom. The summed E-state index contributed by atoms with van der Waals surface area (Å²) in [5.41, 5.74) is 0. The van der Waals surface area contributed by atoms with Gasteiger partial charge in [0.2, 0.25) is 0 Å². The zero-order valence-electron chi connectivity index (χ0n) is 14.5. The molecule has 0 aromatic rings. The molecule has 0 aliphatic carbocycles. The Bertz CT molecular complexity index is 772. The van der Waals surface area contributed by atoms with E-state index in [9.17, 15) is 87.6 Å². The van der Waals surface area contributed by atoms with Crippen molar-refractivity contribution < 1.29 is 139 Å². The van der Waals surface area contributed by atoms with Crippen molar-refractivity contribution in [2.75, 3.05) is 5.75 Å². The zero-order chi connectivity index (χ0) is 25.9. The van der Waals surface area contributed by atoms with Crippen LogP contribution < -0.4 is 51.4 Å². The monoisotopic (exact) mass is 566 g/mol.